The second-order valence-electron chi connectivity index (χ2n) is 4.75. The molecule has 1 amide bonds. The predicted molar refractivity (Wildman–Crippen MR) is 78.8 cm³/mol. The minimum absolute atomic E-state index is 0.0324. The number of rotatable bonds is 3. The van der Waals surface area contributed by atoms with Crippen LogP contribution in [0.15, 0.2) is 22.7 Å². The summed E-state index contributed by atoms with van der Waals surface area (Å²) in [6.45, 7) is 6.04. The molecule has 0 saturated carbocycles. The van der Waals surface area contributed by atoms with Gasteiger partial charge in [-0.25, -0.2) is 0 Å². The van der Waals surface area contributed by atoms with E-state index in [1.807, 2.05) is 46.0 Å². The van der Waals surface area contributed by atoms with Crippen molar-refractivity contribution < 1.29 is 4.79 Å². The van der Waals surface area contributed by atoms with Gasteiger partial charge in [-0.05, 0) is 48.3 Å². The third-order valence-corrected chi connectivity index (χ3v) is 5.39. The molecule has 0 bridgehead atoms. The van der Waals surface area contributed by atoms with Gasteiger partial charge in [0.05, 0.1) is 5.56 Å². The maximum Gasteiger partial charge on any atom is 0.255 e. The van der Waals surface area contributed by atoms with Gasteiger partial charge in [0.25, 0.3) is 5.91 Å². The van der Waals surface area contributed by atoms with Gasteiger partial charge in [-0.1, -0.05) is 28.1 Å². The molecule has 0 N–H and O–H groups in total. The Morgan fingerprint density at radius 2 is 2.00 bits per heavy atom. The van der Waals surface area contributed by atoms with Crippen LogP contribution in [0.4, 0.5) is 0 Å². The van der Waals surface area contributed by atoms with Crippen LogP contribution in [0.2, 0.25) is 0 Å². The number of nitrogens with zero attached hydrogens (tertiary/aromatic N) is 1. The van der Waals surface area contributed by atoms with Crippen LogP contribution in [0, 0.1) is 6.92 Å². The minimum atomic E-state index is -0.208. The highest BCUT2D eigenvalue weighted by Gasteiger charge is 2.28. The van der Waals surface area contributed by atoms with E-state index in [0.717, 1.165) is 15.4 Å². The smallest absolute Gasteiger partial charge is 0.255 e. The molecule has 0 fully saturated rings. The topological polar surface area (TPSA) is 20.3 Å². The molecule has 1 aromatic rings. The SMILES string of the molecule is Cc1cccc(C(=O)N(C)C(C)(C)CBr)c1Br. The van der Waals surface area contributed by atoms with Crippen molar-refractivity contribution in [3.63, 3.8) is 0 Å². The van der Waals surface area contributed by atoms with Crippen LogP contribution < -0.4 is 0 Å². The van der Waals surface area contributed by atoms with Gasteiger partial charge in [0, 0.05) is 22.4 Å². The van der Waals surface area contributed by atoms with Crippen molar-refractivity contribution in [2.45, 2.75) is 26.3 Å². The molecule has 0 heterocycles. The van der Waals surface area contributed by atoms with Gasteiger partial charge >= 0.3 is 0 Å². The zero-order chi connectivity index (χ0) is 13.2. The summed E-state index contributed by atoms with van der Waals surface area (Å²) in [4.78, 5) is 14.2. The Balaban J connectivity index is 3.09. The van der Waals surface area contributed by atoms with Crippen molar-refractivity contribution in [1.82, 2.24) is 4.90 Å². The monoisotopic (exact) mass is 361 g/mol. The summed E-state index contributed by atoms with van der Waals surface area (Å²) in [5.74, 6) is 0.0324. The van der Waals surface area contributed by atoms with Gasteiger partial charge in [0.15, 0.2) is 0 Å². The van der Waals surface area contributed by atoms with Gasteiger partial charge in [0.1, 0.15) is 0 Å². The van der Waals surface area contributed by atoms with E-state index in [4.69, 9.17) is 0 Å². The number of halogens is 2. The fourth-order valence-electron chi connectivity index (χ4n) is 1.36. The quantitative estimate of drug-likeness (QED) is 0.744. The van der Waals surface area contributed by atoms with Crippen molar-refractivity contribution in [1.29, 1.82) is 0 Å². The molecular formula is C13H17Br2NO. The highest BCUT2D eigenvalue weighted by molar-refractivity contribution is 9.10. The second kappa shape index (κ2) is 5.53. The van der Waals surface area contributed by atoms with Gasteiger partial charge in [-0.3, -0.25) is 4.79 Å². The Morgan fingerprint density at radius 1 is 1.41 bits per heavy atom. The van der Waals surface area contributed by atoms with Crippen LogP contribution in [0.1, 0.15) is 29.8 Å². The van der Waals surface area contributed by atoms with E-state index >= 15 is 0 Å². The molecular weight excluding hydrogens is 346 g/mol. The molecule has 0 aliphatic rings. The lowest BCUT2D eigenvalue weighted by atomic mass is 10.0. The number of hydrogen-bond acceptors (Lipinski definition) is 1. The lowest BCUT2D eigenvalue weighted by Gasteiger charge is -2.34. The summed E-state index contributed by atoms with van der Waals surface area (Å²) in [6, 6.07) is 5.74. The fraction of sp³-hybridized carbons (Fsp3) is 0.462. The van der Waals surface area contributed by atoms with E-state index < -0.39 is 0 Å². The van der Waals surface area contributed by atoms with Crippen LogP contribution in [0.3, 0.4) is 0 Å². The first-order chi connectivity index (χ1) is 7.81. The third kappa shape index (κ3) is 3.10. The Kier molecular flexibility index (Phi) is 4.78. The summed E-state index contributed by atoms with van der Waals surface area (Å²) in [5, 5.41) is 0.742. The molecule has 0 aromatic heterocycles. The maximum atomic E-state index is 12.4. The molecule has 2 nitrogen and oxygen atoms in total. The Morgan fingerprint density at radius 3 is 2.53 bits per heavy atom. The van der Waals surface area contributed by atoms with Crippen molar-refractivity contribution in [2.24, 2.45) is 0 Å². The van der Waals surface area contributed by atoms with Crippen molar-refractivity contribution >= 4 is 37.8 Å². The molecule has 0 saturated heterocycles. The van der Waals surface area contributed by atoms with Crippen molar-refractivity contribution in [3.05, 3.63) is 33.8 Å². The normalized spacial score (nSPS) is 11.4. The largest absolute Gasteiger partial charge is 0.336 e. The van der Waals surface area contributed by atoms with Gasteiger partial charge < -0.3 is 4.90 Å². The predicted octanol–water partition coefficient (Wildman–Crippen LogP) is 4.00. The standard InChI is InChI=1S/C13H17Br2NO/c1-9-6-5-7-10(11(9)15)12(17)16(4)13(2,3)8-14/h5-7H,8H2,1-4H3. The van der Waals surface area contributed by atoms with Gasteiger partial charge in [-0.2, -0.15) is 0 Å². The summed E-state index contributed by atoms with van der Waals surface area (Å²) in [5.41, 5.74) is 1.57. The lowest BCUT2D eigenvalue weighted by molar-refractivity contribution is 0.0662. The number of amides is 1. The third-order valence-electron chi connectivity index (χ3n) is 2.96. The number of hydrogen-bond donors (Lipinski definition) is 0. The molecule has 0 aliphatic carbocycles. The van der Waals surface area contributed by atoms with Crippen LogP contribution in [0.25, 0.3) is 0 Å². The van der Waals surface area contributed by atoms with Crippen LogP contribution in [-0.2, 0) is 0 Å². The number of aryl methyl sites for hydroxylation is 1. The molecule has 0 spiro atoms. The van der Waals surface area contributed by atoms with E-state index in [0.29, 0.717) is 5.56 Å². The molecule has 94 valence electrons. The van der Waals surface area contributed by atoms with Crippen molar-refractivity contribution in [2.75, 3.05) is 12.4 Å². The van der Waals surface area contributed by atoms with Crippen LogP contribution in [0.5, 0.6) is 0 Å². The van der Waals surface area contributed by atoms with E-state index in [2.05, 4.69) is 31.9 Å². The Hall–Kier alpha value is -0.350. The molecule has 0 atom stereocenters. The molecule has 17 heavy (non-hydrogen) atoms. The zero-order valence-corrected chi connectivity index (χ0v) is 13.7. The number of alkyl halides is 1. The molecule has 4 heteroatoms. The Labute approximate surface area is 120 Å². The fourth-order valence-corrected chi connectivity index (χ4v) is 2.17. The van der Waals surface area contributed by atoms with Crippen molar-refractivity contribution in [3.8, 4) is 0 Å². The second-order valence-corrected chi connectivity index (χ2v) is 6.10. The van der Waals surface area contributed by atoms with Gasteiger partial charge in [-0.15, -0.1) is 0 Å². The van der Waals surface area contributed by atoms with E-state index in [-0.39, 0.29) is 11.4 Å². The minimum Gasteiger partial charge on any atom is -0.336 e. The van der Waals surface area contributed by atoms with E-state index in [1.165, 1.54) is 0 Å². The Bertz CT molecular complexity index is 429. The molecule has 0 unspecified atom stereocenters. The van der Waals surface area contributed by atoms with Crippen LogP contribution >= 0.6 is 31.9 Å². The van der Waals surface area contributed by atoms with Gasteiger partial charge in [0.2, 0.25) is 0 Å². The molecule has 1 rings (SSSR count). The summed E-state index contributed by atoms with van der Waals surface area (Å²) < 4.78 is 0.877. The van der Waals surface area contributed by atoms with Crippen LogP contribution in [-0.4, -0.2) is 28.7 Å². The highest BCUT2D eigenvalue weighted by Crippen LogP contribution is 2.25. The number of carbonyl (C=O) groups excluding carboxylic acids is 1. The molecule has 0 radical (unpaired) electrons. The first-order valence-corrected chi connectivity index (χ1v) is 7.32. The van der Waals surface area contributed by atoms with E-state index in [9.17, 15) is 4.79 Å². The first-order valence-electron chi connectivity index (χ1n) is 5.40. The molecule has 1 aromatic carbocycles. The average Bonchev–Trinajstić information content (AvgIpc) is 2.30. The highest BCUT2D eigenvalue weighted by atomic mass is 79.9. The number of benzene rings is 1. The zero-order valence-electron chi connectivity index (χ0n) is 10.6. The molecule has 0 aliphatic heterocycles. The summed E-state index contributed by atoms with van der Waals surface area (Å²) in [7, 11) is 1.83. The first kappa shape index (κ1) is 14.7. The van der Waals surface area contributed by atoms with E-state index in [1.54, 1.807) is 4.90 Å². The number of carbonyl (C=O) groups is 1. The summed E-state index contributed by atoms with van der Waals surface area (Å²) in [6.07, 6.45) is 0. The lowest BCUT2D eigenvalue weighted by Crippen LogP contribution is -2.46. The maximum absolute atomic E-state index is 12.4. The average molecular weight is 363 g/mol. The summed E-state index contributed by atoms with van der Waals surface area (Å²) >= 11 is 6.92.